The van der Waals surface area contributed by atoms with Crippen LogP contribution in [0.1, 0.15) is 44.6 Å². The second-order valence-corrected chi connectivity index (χ2v) is 9.48. The number of aliphatic imine (C=N–C) groups is 1. The summed E-state index contributed by atoms with van der Waals surface area (Å²) in [6, 6.07) is 13.5. The van der Waals surface area contributed by atoms with Crippen molar-refractivity contribution in [2.24, 2.45) is 4.99 Å². The van der Waals surface area contributed by atoms with E-state index >= 15 is 0 Å². The van der Waals surface area contributed by atoms with Gasteiger partial charge in [-0.1, -0.05) is 55.0 Å². The summed E-state index contributed by atoms with van der Waals surface area (Å²) in [4.78, 5) is 20.9. The van der Waals surface area contributed by atoms with Crippen LogP contribution in [-0.4, -0.2) is 35.2 Å². The van der Waals surface area contributed by atoms with Crippen molar-refractivity contribution in [1.82, 2.24) is 4.90 Å². The van der Waals surface area contributed by atoms with Gasteiger partial charge in [-0.2, -0.15) is 0 Å². The molecule has 4 rings (SSSR count). The monoisotopic (exact) mass is 494 g/mol. The van der Waals surface area contributed by atoms with Crippen molar-refractivity contribution < 1.29 is 14.3 Å². The molecule has 0 N–H and O–H groups in total. The Kier molecular flexibility index (Phi) is 8.21. The third kappa shape index (κ3) is 5.60. The summed E-state index contributed by atoms with van der Waals surface area (Å²) in [7, 11) is 0. The van der Waals surface area contributed by atoms with E-state index in [9.17, 15) is 4.79 Å². The minimum Gasteiger partial charge on any atom is -0.490 e. The Hall–Kier alpha value is -2.88. The molecule has 2 aromatic rings. The highest BCUT2D eigenvalue weighted by Gasteiger charge is 2.38. The van der Waals surface area contributed by atoms with Gasteiger partial charge in [-0.25, -0.2) is 4.99 Å². The molecule has 7 heteroatoms. The molecule has 2 aromatic carbocycles. The van der Waals surface area contributed by atoms with Gasteiger partial charge in [0.25, 0.3) is 5.91 Å². The summed E-state index contributed by atoms with van der Waals surface area (Å²) in [5.41, 5.74) is 1.58. The highest BCUT2D eigenvalue weighted by Crippen LogP contribution is 2.41. The maximum Gasteiger partial charge on any atom is 0.267 e. The van der Waals surface area contributed by atoms with Crippen molar-refractivity contribution in [2.75, 3.05) is 13.2 Å². The lowest BCUT2D eigenvalue weighted by molar-refractivity contribution is -0.124. The Morgan fingerprint density at radius 3 is 2.68 bits per heavy atom. The van der Waals surface area contributed by atoms with Gasteiger partial charge < -0.3 is 9.47 Å². The zero-order valence-electron chi connectivity index (χ0n) is 19.1. The third-order valence-corrected chi connectivity index (χ3v) is 6.95. The predicted molar refractivity (Wildman–Crippen MR) is 140 cm³/mol. The molecule has 5 nitrogen and oxygen atoms in total. The standard InChI is InChI=1S/C27H27ClN2O3S/c1-3-15-33-25-22(28)16-19(17-23(25)32-4-2)18-24-26(31)30(21-13-9-6-10-14-21)27(34-24)29-20-11-7-5-8-12-20/h1,5,7-8,11-12,16-18,21H,4,6,9-10,13-15H2,2H3/b24-18-,29-27?. The molecular formula is C27H27ClN2O3S. The molecular weight excluding hydrogens is 468 g/mol. The molecule has 0 aromatic heterocycles. The number of nitrogens with zero attached hydrogens (tertiary/aromatic N) is 2. The number of hydrogen-bond acceptors (Lipinski definition) is 5. The fraction of sp³-hybridized carbons (Fsp3) is 0.333. The number of benzene rings is 2. The Labute approximate surface area is 210 Å². The number of amides is 1. The van der Waals surface area contributed by atoms with E-state index in [4.69, 9.17) is 32.5 Å². The average Bonchev–Trinajstić information content (AvgIpc) is 3.14. The van der Waals surface area contributed by atoms with Crippen LogP contribution in [0.4, 0.5) is 5.69 Å². The van der Waals surface area contributed by atoms with E-state index in [1.165, 1.54) is 18.2 Å². The second-order valence-electron chi connectivity index (χ2n) is 8.06. The highest BCUT2D eigenvalue weighted by molar-refractivity contribution is 8.18. The topological polar surface area (TPSA) is 51.1 Å². The number of rotatable bonds is 7. The summed E-state index contributed by atoms with van der Waals surface area (Å²) in [5, 5.41) is 1.10. The summed E-state index contributed by atoms with van der Waals surface area (Å²) < 4.78 is 11.3. The van der Waals surface area contributed by atoms with Gasteiger partial charge >= 0.3 is 0 Å². The van der Waals surface area contributed by atoms with Crippen LogP contribution in [0.25, 0.3) is 6.08 Å². The van der Waals surface area contributed by atoms with Crippen LogP contribution in [0, 0.1) is 12.3 Å². The summed E-state index contributed by atoms with van der Waals surface area (Å²) in [6.07, 6.45) is 12.6. The van der Waals surface area contributed by atoms with E-state index in [1.807, 2.05) is 54.3 Å². The van der Waals surface area contributed by atoms with Gasteiger partial charge in [0.1, 0.15) is 6.61 Å². The minimum absolute atomic E-state index is 0.0201. The number of thioether (sulfide) groups is 1. The molecule has 0 atom stereocenters. The number of amidine groups is 1. The molecule has 0 unspecified atom stereocenters. The van der Waals surface area contributed by atoms with Gasteiger partial charge in [0.2, 0.25) is 0 Å². The second kappa shape index (κ2) is 11.5. The van der Waals surface area contributed by atoms with Crippen LogP contribution in [0.3, 0.4) is 0 Å². The minimum atomic E-state index is -0.0201. The molecule has 1 amide bonds. The molecule has 1 heterocycles. The number of ether oxygens (including phenoxy) is 2. The largest absolute Gasteiger partial charge is 0.490 e. The SMILES string of the molecule is C#CCOc1c(Cl)cc(/C=C2\SC(=Nc3ccccc3)N(C3CCCCC3)C2=O)cc1OCC. The van der Waals surface area contributed by atoms with Crippen molar-refractivity contribution in [1.29, 1.82) is 0 Å². The van der Waals surface area contributed by atoms with Crippen molar-refractivity contribution >= 4 is 46.2 Å². The van der Waals surface area contributed by atoms with E-state index in [1.54, 1.807) is 6.07 Å². The summed E-state index contributed by atoms with van der Waals surface area (Å²) in [6.45, 7) is 2.42. The quantitative estimate of drug-likeness (QED) is 0.318. The maximum atomic E-state index is 13.6. The molecule has 0 bridgehead atoms. The van der Waals surface area contributed by atoms with E-state index in [0.717, 1.165) is 42.1 Å². The Bertz CT molecular complexity index is 1130. The number of carbonyl (C=O) groups is 1. The van der Waals surface area contributed by atoms with E-state index in [2.05, 4.69) is 5.92 Å². The maximum absolute atomic E-state index is 13.6. The Morgan fingerprint density at radius 2 is 1.97 bits per heavy atom. The van der Waals surface area contributed by atoms with Gasteiger partial charge in [0, 0.05) is 6.04 Å². The Morgan fingerprint density at radius 1 is 1.21 bits per heavy atom. The fourth-order valence-electron chi connectivity index (χ4n) is 4.18. The number of hydrogen-bond donors (Lipinski definition) is 0. The zero-order chi connectivity index (χ0) is 23.9. The summed E-state index contributed by atoms with van der Waals surface area (Å²) >= 11 is 7.88. The lowest BCUT2D eigenvalue weighted by Gasteiger charge is -2.30. The molecule has 34 heavy (non-hydrogen) atoms. The molecule has 0 radical (unpaired) electrons. The van der Waals surface area contributed by atoms with E-state index in [0.29, 0.717) is 28.0 Å². The van der Waals surface area contributed by atoms with Crippen LogP contribution in [0.5, 0.6) is 11.5 Å². The van der Waals surface area contributed by atoms with Crippen molar-refractivity contribution in [3.05, 3.63) is 58.0 Å². The van der Waals surface area contributed by atoms with Gasteiger partial charge in [-0.05, 0) is 67.4 Å². The molecule has 1 aliphatic heterocycles. The van der Waals surface area contributed by atoms with Crippen LogP contribution >= 0.6 is 23.4 Å². The van der Waals surface area contributed by atoms with Crippen molar-refractivity contribution in [2.45, 2.75) is 45.1 Å². The number of halogens is 1. The lowest BCUT2D eigenvalue weighted by Crippen LogP contribution is -2.40. The van der Waals surface area contributed by atoms with E-state index < -0.39 is 0 Å². The molecule has 2 aliphatic rings. The molecule has 176 valence electrons. The first kappa shape index (κ1) is 24.3. The first-order valence-electron chi connectivity index (χ1n) is 11.5. The number of carbonyl (C=O) groups excluding carboxylic acids is 1. The smallest absolute Gasteiger partial charge is 0.267 e. The molecule has 1 saturated heterocycles. The van der Waals surface area contributed by atoms with Gasteiger partial charge in [-0.3, -0.25) is 9.69 Å². The van der Waals surface area contributed by atoms with Crippen LogP contribution in [0.15, 0.2) is 52.4 Å². The molecule has 1 aliphatic carbocycles. The normalized spacial score (nSPS) is 19.0. The van der Waals surface area contributed by atoms with Gasteiger partial charge in [0.05, 0.1) is 22.2 Å². The first-order valence-corrected chi connectivity index (χ1v) is 12.7. The van der Waals surface area contributed by atoms with Crippen LogP contribution in [0.2, 0.25) is 5.02 Å². The molecule has 2 fully saturated rings. The number of terminal acetylenes is 1. The number of para-hydroxylation sites is 1. The third-order valence-electron chi connectivity index (χ3n) is 5.69. The highest BCUT2D eigenvalue weighted by atomic mass is 35.5. The van der Waals surface area contributed by atoms with Crippen molar-refractivity contribution in [3.63, 3.8) is 0 Å². The molecule has 1 saturated carbocycles. The molecule has 0 spiro atoms. The fourth-order valence-corrected chi connectivity index (χ4v) is 5.51. The Balaban J connectivity index is 1.69. The zero-order valence-corrected chi connectivity index (χ0v) is 20.7. The summed E-state index contributed by atoms with van der Waals surface area (Å²) in [5.74, 6) is 3.32. The van der Waals surface area contributed by atoms with Crippen LogP contribution in [-0.2, 0) is 4.79 Å². The average molecular weight is 495 g/mol. The van der Waals surface area contributed by atoms with Crippen LogP contribution < -0.4 is 9.47 Å². The predicted octanol–water partition coefficient (Wildman–Crippen LogP) is 6.69. The van der Waals surface area contributed by atoms with Gasteiger partial charge in [-0.15, -0.1) is 6.42 Å². The lowest BCUT2D eigenvalue weighted by atomic mass is 9.94. The first-order chi connectivity index (χ1) is 16.6. The van der Waals surface area contributed by atoms with Gasteiger partial charge in [0.15, 0.2) is 16.7 Å². The van der Waals surface area contributed by atoms with Crippen molar-refractivity contribution in [3.8, 4) is 23.8 Å². The van der Waals surface area contributed by atoms with E-state index in [-0.39, 0.29) is 18.6 Å².